The van der Waals surface area contributed by atoms with Gasteiger partial charge in [-0.1, -0.05) is 44.2 Å². The molecule has 4 rings (SSSR count). The molecule has 3 aromatic rings. The molecule has 174 valence electrons. The van der Waals surface area contributed by atoms with Crippen LogP contribution in [0.4, 0.5) is 5.69 Å². The van der Waals surface area contributed by atoms with E-state index in [0.717, 1.165) is 35.1 Å². The van der Waals surface area contributed by atoms with E-state index in [1.54, 1.807) is 0 Å². The van der Waals surface area contributed by atoms with E-state index in [0.29, 0.717) is 31.3 Å². The van der Waals surface area contributed by atoms with Crippen molar-refractivity contribution in [2.45, 2.75) is 33.4 Å². The lowest BCUT2D eigenvalue weighted by Gasteiger charge is -2.24. The zero-order valence-corrected chi connectivity index (χ0v) is 19.4. The van der Waals surface area contributed by atoms with Crippen molar-refractivity contribution in [1.29, 1.82) is 0 Å². The Labute approximate surface area is 193 Å². The zero-order chi connectivity index (χ0) is 23.4. The number of aryl methyl sites for hydroxylation is 1. The van der Waals surface area contributed by atoms with Crippen molar-refractivity contribution >= 4 is 22.5 Å². The Bertz CT molecular complexity index is 1160. The summed E-state index contributed by atoms with van der Waals surface area (Å²) in [7, 11) is 0. The largest absolute Gasteiger partial charge is 0.493 e. The first-order valence-corrected chi connectivity index (χ1v) is 11.3. The maximum Gasteiger partial charge on any atom is 0.302 e. The van der Waals surface area contributed by atoms with Crippen molar-refractivity contribution in [2.24, 2.45) is 10.2 Å². The van der Waals surface area contributed by atoms with Crippen LogP contribution >= 0.6 is 0 Å². The van der Waals surface area contributed by atoms with Crippen LogP contribution in [0.3, 0.4) is 0 Å². The number of benzene rings is 2. The number of hydrogen-bond acceptors (Lipinski definition) is 5. The predicted molar refractivity (Wildman–Crippen MR) is 125 cm³/mol. The molecule has 1 aromatic heterocycles. The van der Waals surface area contributed by atoms with Crippen molar-refractivity contribution in [3.63, 3.8) is 0 Å². The number of morpholine rings is 1. The predicted octanol–water partition coefficient (Wildman–Crippen LogP) is 3.34. The molecule has 0 radical (unpaired) electrons. The second-order valence-corrected chi connectivity index (χ2v) is 8.72. The van der Waals surface area contributed by atoms with Crippen LogP contribution in [0.2, 0.25) is 0 Å². The van der Waals surface area contributed by atoms with Gasteiger partial charge in [0.2, 0.25) is 5.88 Å². The highest BCUT2D eigenvalue weighted by Gasteiger charge is 2.22. The molecular weight excluding hydrogens is 420 g/mol. The van der Waals surface area contributed by atoms with Crippen LogP contribution in [0.15, 0.2) is 52.7 Å². The van der Waals surface area contributed by atoms with E-state index < -0.39 is 5.91 Å². The fourth-order valence-corrected chi connectivity index (χ4v) is 4.09. The number of aromatic hydroxyl groups is 1. The summed E-state index contributed by atoms with van der Waals surface area (Å²) in [6, 6.07) is 13.6. The normalized spacial score (nSPS) is 15.0. The third-order valence-electron chi connectivity index (χ3n) is 5.90. The molecule has 1 fully saturated rings. The molecule has 2 heterocycles. The van der Waals surface area contributed by atoms with E-state index in [-0.39, 0.29) is 18.4 Å². The van der Waals surface area contributed by atoms with Crippen molar-refractivity contribution in [3.8, 4) is 11.6 Å². The Balaban J connectivity index is 1.52. The maximum atomic E-state index is 12.4. The Morgan fingerprint density at radius 1 is 1.21 bits per heavy atom. The topological polar surface area (TPSA) is 89.9 Å². The van der Waals surface area contributed by atoms with Crippen LogP contribution < -0.4 is 9.64 Å². The number of nitrogens with one attached hydrogen (secondary N) is 1. The number of hydrogen-bond donors (Lipinski definition) is 2. The Kier molecular flexibility index (Phi) is 7.05. The molecular formula is C25H31N4O4+. The second kappa shape index (κ2) is 10.1. The molecule has 1 aliphatic rings. The van der Waals surface area contributed by atoms with Crippen molar-refractivity contribution in [2.75, 3.05) is 32.9 Å². The van der Waals surface area contributed by atoms with Crippen LogP contribution in [-0.2, 0) is 16.2 Å². The molecule has 0 spiro atoms. The number of quaternary nitrogens is 1. The molecule has 1 saturated heterocycles. The number of aromatic nitrogens is 1. The number of azo groups is 1. The smallest absolute Gasteiger partial charge is 0.302 e. The third-order valence-corrected chi connectivity index (χ3v) is 5.90. The summed E-state index contributed by atoms with van der Waals surface area (Å²) >= 11 is 0. The van der Waals surface area contributed by atoms with Crippen LogP contribution in [0.25, 0.3) is 10.9 Å². The van der Waals surface area contributed by atoms with E-state index in [4.69, 9.17) is 9.47 Å². The van der Waals surface area contributed by atoms with Crippen molar-refractivity contribution < 1.29 is 24.3 Å². The number of rotatable bonds is 7. The zero-order valence-electron chi connectivity index (χ0n) is 19.4. The minimum atomic E-state index is -0.513. The number of fused-ring (bicyclic) bond motifs is 1. The number of amides is 1. The fourth-order valence-electron chi connectivity index (χ4n) is 4.09. The van der Waals surface area contributed by atoms with Gasteiger partial charge >= 0.3 is 5.91 Å². The summed E-state index contributed by atoms with van der Waals surface area (Å²) < 4.78 is 13.0. The molecule has 1 amide bonds. The molecule has 0 aliphatic carbocycles. The molecule has 0 bridgehead atoms. The Hall–Kier alpha value is -3.23. The fraction of sp³-hybridized carbons (Fsp3) is 0.400. The highest BCUT2D eigenvalue weighted by atomic mass is 16.5. The van der Waals surface area contributed by atoms with Crippen LogP contribution in [0, 0.1) is 6.92 Å². The van der Waals surface area contributed by atoms with Crippen LogP contribution in [0.5, 0.6) is 11.6 Å². The second-order valence-electron chi connectivity index (χ2n) is 8.72. The number of nitrogens with zero attached hydrogens (tertiary/aromatic N) is 3. The first kappa shape index (κ1) is 22.9. The summed E-state index contributed by atoms with van der Waals surface area (Å²) in [4.78, 5) is 13.7. The van der Waals surface area contributed by atoms with Crippen LogP contribution in [-0.4, -0.2) is 48.5 Å². The standard InChI is InChI=1S/C25H30N4O4/c1-17(2)19-9-8-18(3)14-22(19)33-15-23(30)26-27-24-20-6-4-5-7-21(20)29(25(24)31)16-28-10-12-32-13-11-28/h4-9,14,17,31H,10-13,15-16H2,1-3H3/p+1. The van der Waals surface area contributed by atoms with Gasteiger partial charge in [-0.3, -0.25) is 9.36 Å². The lowest BCUT2D eigenvalue weighted by Crippen LogP contribution is -3.13. The number of carbonyl (C=O) groups excluding carboxylic acids is 1. The quantitative estimate of drug-likeness (QED) is 0.539. The van der Waals surface area contributed by atoms with Gasteiger partial charge in [0.15, 0.2) is 19.0 Å². The molecule has 8 heteroatoms. The van der Waals surface area contributed by atoms with Gasteiger partial charge in [-0.15, -0.1) is 10.2 Å². The van der Waals surface area contributed by atoms with Gasteiger partial charge in [0.25, 0.3) is 0 Å². The molecule has 0 unspecified atom stereocenters. The Morgan fingerprint density at radius 3 is 2.73 bits per heavy atom. The molecule has 2 aromatic carbocycles. The lowest BCUT2D eigenvalue weighted by molar-refractivity contribution is -0.930. The van der Waals surface area contributed by atoms with E-state index in [2.05, 4.69) is 24.1 Å². The summed E-state index contributed by atoms with van der Waals surface area (Å²) in [6.07, 6.45) is 0. The van der Waals surface area contributed by atoms with Crippen LogP contribution in [0.1, 0.15) is 30.9 Å². The molecule has 0 atom stereocenters. The molecule has 0 saturated carbocycles. The van der Waals surface area contributed by atoms with Gasteiger partial charge in [-0.05, 0) is 36.1 Å². The minimum absolute atomic E-state index is 0.00781. The highest BCUT2D eigenvalue weighted by molar-refractivity contribution is 5.95. The first-order valence-electron chi connectivity index (χ1n) is 11.3. The molecule has 2 N–H and O–H groups in total. The Morgan fingerprint density at radius 2 is 1.97 bits per heavy atom. The molecule has 33 heavy (non-hydrogen) atoms. The van der Waals surface area contributed by atoms with Gasteiger partial charge in [0.05, 0.1) is 18.7 Å². The van der Waals surface area contributed by atoms with Gasteiger partial charge in [0, 0.05) is 5.39 Å². The maximum absolute atomic E-state index is 12.4. The minimum Gasteiger partial charge on any atom is -0.493 e. The van der Waals surface area contributed by atoms with E-state index >= 15 is 0 Å². The molecule has 1 aliphatic heterocycles. The monoisotopic (exact) mass is 451 g/mol. The SMILES string of the molecule is Cc1ccc(C(C)C)c(OCC(=O)N=Nc2c(O)n(C[NH+]3CCOCC3)c3ccccc23)c1. The summed E-state index contributed by atoms with van der Waals surface area (Å²) in [5.41, 5.74) is 3.25. The summed E-state index contributed by atoms with van der Waals surface area (Å²) in [6.45, 7) is 9.66. The average Bonchev–Trinajstić information content (AvgIpc) is 3.07. The summed E-state index contributed by atoms with van der Waals surface area (Å²) in [5, 5.41) is 19.6. The number of ether oxygens (including phenoxy) is 2. The van der Waals surface area contributed by atoms with Gasteiger partial charge in [-0.2, -0.15) is 0 Å². The average molecular weight is 452 g/mol. The number of para-hydroxylation sites is 1. The third kappa shape index (κ3) is 5.23. The molecule has 8 nitrogen and oxygen atoms in total. The number of carbonyl (C=O) groups is 1. The first-order chi connectivity index (χ1) is 15.9. The van der Waals surface area contributed by atoms with Crippen molar-refractivity contribution in [1.82, 2.24) is 4.57 Å². The lowest BCUT2D eigenvalue weighted by atomic mass is 10.0. The van der Waals surface area contributed by atoms with Gasteiger partial charge in [-0.25, -0.2) is 0 Å². The van der Waals surface area contributed by atoms with E-state index in [1.807, 2.05) is 54.0 Å². The van der Waals surface area contributed by atoms with E-state index in [1.165, 1.54) is 4.90 Å². The van der Waals surface area contributed by atoms with Gasteiger partial charge in [0.1, 0.15) is 18.8 Å². The van der Waals surface area contributed by atoms with Crippen molar-refractivity contribution in [3.05, 3.63) is 53.6 Å². The highest BCUT2D eigenvalue weighted by Crippen LogP contribution is 2.38. The van der Waals surface area contributed by atoms with Gasteiger partial charge < -0.3 is 19.5 Å². The van der Waals surface area contributed by atoms with E-state index in [9.17, 15) is 9.90 Å². The summed E-state index contributed by atoms with van der Waals surface area (Å²) in [5.74, 6) is 0.449.